The van der Waals surface area contributed by atoms with Crippen molar-refractivity contribution in [3.05, 3.63) is 78.2 Å². The molecule has 0 bridgehead atoms. The average Bonchev–Trinajstić information content (AvgIpc) is 3.82. The molecule has 380 valence electrons. The zero-order chi connectivity index (χ0) is 50.5. The number of amides is 2. The minimum absolute atomic E-state index is 0.0385. The van der Waals surface area contributed by atoms with Crippen molar-refractivity contribution in [1.29, 1.82) is 0 Å². The molecule has 2 amide bonds. The number of halogens is 1. The minimum atomic E-state index is -1.04. The SMILES string of the molecule is C[C@H]1CCCCC/C=C\[C@@H]2C[C@@]2(C(=O)O)CC(=O)[C@@H]2C[C@@H](O)CN2C1=O.C[C@H]1CCCCC/C=C\[C@@H]2C[C@@]2(C(=O)O)CC(=O)[C@@H]2C[C@@H](Oc3nc4ccccc4s3)CN2C1=O.Clc1nc2ccccc2o1. The first-order valence-electron chi connectivity index (χ1n) is 25.3. The zero-order valence-corrected chi connectivity index (χ0v) is 42.0. The summed E-state index contributed by atoms with van der Waals surface area (Å²) in [5.74, 6) is -2.98. The van der Waals surface area contributed by atoms with E-state index in [1.54, 1.807) is 4.90 Å². The summed E-state index contributed by atoms with van der Waals surface area (Å²) in [6, 6.07) is 13.9. The molecule has 2 aromatic carbocycles. The van der Waals surface area contributed by atoms with Crippen molar-refractivity contribution in [2.75, 3.05) is 13.1 Å². The van der Waals surface area contributed by atoms with Gasteiger partial charge in [0.2, 0.25) is 11.8 Å². The normalized spacial score (nSPS) is 32.4. The van der Waals surface area contributed by atoms with Crippen LogP contribution in [0, 0.1) is 34.5 Å². The van der Waals surface area contributed by atoms with Gasteiger partial charge in [0.15, 0.2) is 17.1 Å². The van der Waals surface area contributed by atoms with Crippen LogP contribution < -0.4 is 4.74 Å². The van der Waals surface area contributed by atoms with Gasteiger partial charge in [-0.25, -0.2) is 4.98 Å². The highest BCUT2D eigenvalue weighted by molar-refractivity contribution is 7.20. The smallest absolute Gasteiger partial charge is 0.310 e. The van der Waals surface area contributed by atoms with E-state index in [4.69, 9.17) is 20.8 Å². The number of ether oxygens (including phenoxy) is 1. The van der Waals surface area contributed by atoms with Crippen LogP contribution in [0.2, 0.25) is 5.35 Å². The second kappa shape index (κ2) is 22.5. The van der Waals surface area contributed by atoms with E-state index in [1.807, 2.05) is 80.6 Å². The Kier molecular flexibility index (Phi) is 16.5. The quantitative estimate of drug-likeness (QED) is 0.163. The zero-order valence-electron chi connectivity index (χ0n) is 40.5. The number of Topliss-reactive ketones (excluding diaryl/α,β-unsaturated/α-hetero) is 2. The molecule has 15 nitrogen and oxygen atoms in total. The summed E-state index contributed by atoms with van der Waals surface area (Å²) < 4.78 is 12.2. The lowest BCUT2D eigenvalue weighted by Crippen LogP contribution is -2.44. The number of carbonyl (C=O) groups excluding carboxylic acids is 4. The van der Waals surface area contributed by atoms with Gasteiger partial charge >= 0.3 is 11.9 Å². The fraction of sp³-hybridized carbons (Fsp3) is 0.556. The Morgan fingerprint density at radius 3 is 1.82 bits per heavy atom. The number of fused-ring (bicyclic) bond motifs is 6. The number of rotatable bonds is 4. The summed E-state index contributed by atoms with van der Waals surface area (Å²) in [5, 5.41) is 30.4. The molecule has 6 aliphatic rings. The first-order valence-corrected chi connectivity index (χ1v) is 26.5. The number of thiazole rings is 1. The number of hydrogen-bond donors (Lipinski definition) is 3. The summed E-state index contributed by atoms with van der Waals surface area (Å²) in [7, 11) is 0. The molecule has 6 heterocycles. The number of carboxylic acid groups (broad SMARTS) is 2. The number of aliphatic hydroxyl groups excluding tert-OH is 1. The monoisotopic (exact) mass is 1010 g/mol. The topological polar surface area (TPSA) is 218 Å². The lowest BCUT2D eigenvalue weighted by atomic mass is 9.91. The molecule has 3 N–H and O–H groups in total. The van der Waals surface area contributed by atoms with Crippen LogP contribution in [0.3, 0.4) is 0 Å². The third kappa shape index (κ3) is 12.1. The van der Waals surface area contributed by atoms with Crippen molar-refractivity contribution in [2.24, 2.45) is 34.5 Å². The Morgan fingerprint density at radius 2 is 1.25 bits per heavy atom. The number of carbonyl (C=O) groups is 6. The fourth-order valence-corrected chi connectivity index (χ4v) is 11.9. The molecule has 10 rings (SSSR count). The Balaban J connectivity index is 0.000000163. The molecule has 2 saturated heterocycles. The molecule has 4 aromatic rings. The molecule has 17 heteroatoms. The highest BCUT2D eigenvalue weighted by atomic mass is 35.5. The van der Waals surface area contributed by atoms with Gasteiger partial charge < -0.3 is 34.3 Å². The second-order valence-corrected chi connectivity index (χ2v) is 21.8. The van der Waals surface area contributed by atoms with Crippen molar-refractivity contribution < 1.29 is 53.2 Å². The minimum Gasteiger partial charge on any atom is -0.481 e. The summed E-state index contributed by atoms with van der Waals surface area (Å²) in [5.41, 5.74) is 0.319. The number of aliphatic carboxylic acids is 2. The van der Waals surface area contributed by atoms with E-state index in [9.17, 15) is 44.1 Å². The largest absolute Gasteiger partial charge is 0.481 e. The van der Waals surface area contributed by atoms with Gasteiger partial charge in [-0.05, 0) is 99.1 Å². The third-order valence-corrected chi connectivity index (χ3v) is 16.4. The van der Waals surface area contributed by atoms with Crippen LogP contribution in [0.5, 0.6) is 5.19 Å². The molecule has 2 aromatic heterocycles. The van der Waals surface area contributed by atoms with Gasteiger partial charge in [-0.2, -0.15) is 4.98 Å². The van der Waals surface area contributed by atoms with E-state index in [1.165, 1.54) is 16.2 Å². The van der Waals surface area contributed by atoms with Crippen LogP contribution in [0.15, 0.2) is 77.3 Å². The Bertz CT molecular complexity index is 2600. The van der Waals surface area contributed by atoms with Crippen molar-refractivity contribution in [3.8, 4) is 5.19 Å². The molecule has 0 radical (unpaired) electrons. The molecule has 2 aliphatic carbocycles. The first kappa shape index (κ1) is 51.9. The van der Waals surface area contributed by atoms with Gasteiger partial charge in [-0.15, -0.1) is 0 Å². The van der Waals surface area contributed by atoms with Crippen LogP contribution in [0.25, 0.3) is 21.3 Å². The van der Waals surface area contributed by atoms with Crippen molar-refractivity contribution in [1.82, 2.24) is 19.8 Å². The number of hydrogen-bond acceptors (Lipinski definition) is 12. The standard InChI is InChI=1S/C27H32N2O5S.C20H29NO5.C7H4ClNO/c1-17-9-5-3-2-4-6-10-18-14-27(18,25(32)33)15-22(30)21-13-19(16-29(21)24(17)31)34-26-28-20-11-7-8-12-23(20)35-26;1-13-7-5-3-2-4-6-8-14-10-20(14,19(25)26)11-17(23)16-9-15(22)12-21(16)18(13)24;8-7-9-5-3-1-2-4-6(5)10-7/h6-8,10-12,17-19,21H,2-5,9,13-16H2,1H3,(H,32,33);6,8,13-16,22H,2-5,7,9-12H2,1H3,(H,25,26);1-4H/b10-6-;8-6-;/t17-,18+,19+,21-,27+;13-,14+,15+,16-,20+;/m00./s1. The van der Waals surface area contributed by atoms with Crippen molar-refractivity contribution >= 4 is 79.6 Å². The van der Waals surface area contributed by atoms with Crippen LogP contribution in [-0.2, 0) is 28.8 Å². The molecule has 71 heavy (non-hydrogen) atoms. The summed E-state index contributed by atoms with van der Waals surface area (Å²) in [6.45, 7) is 4.30. The third-order valence-electron chi connectivity index (χ3n) is 15.4. The van der Waals surface area contributed by atoms with Crippen LogP contribution in [-0.4, -0.2) is 108 Å². The van der Waals surface area contributed by atoms with E-state index in [0.717, 1.165) is 85.5 Å². The van der Waals surface area contributed by atoms with Gasteiger partial charge in [0.05, 0.1) is 45.8 Å². The van der Waals surface area contributed by atoms with E-state index in [-0.39, 0.29) is 84.3 Å². The molecular weight excluding hydrogens is 948 g/mol. The van der Waals surface area contributed by atoms with Crippen molar-refractivity contribution in [2.45, 2.75) is 141 Å². The van der Waals surface area contributed by atoms with Gasteiger partial charge in [0, 0.05) is 44.1 Å². The van der Waals surface area contributed by atoms with Gasteiger partial charge in [-0.1, -0.05) is 99.4 Å². The predicted octanol–water partition coefficient (Wildman–Crippen LogP) is 9.49. The molecule has 0 spiro atoms. The maximum absolute atomic E-state index is 13.5. The number of para-hydroxylation sites is 3. The Morgan fingerprint density at radius 1 is 0.718 bits per heavy atom. The number of aromatic nitrogens is 2. The maximum Gasteiger partial charge on any atom is 0.310 e. The van der Waals surface area contributed by atoms with E-state index >= 15 is 0 Å². The predicted molar refractivity (Wildman–Crippen MR) is 268 cm³/mol. The van der Waals surface area contributed by atoms with Crippen LogP contribution >= 0.6 is 22.9 Å². The molecule has 4 aliphatic heterocycles. The van der Waals surface area contributed by atoms with Crippen molar-refractivity contribution in [3.63, 3.8) is 0 Å². The first-order chi connectivity index (χ1) is 34.1. The Labute approximate surface area is 422 Å². The van der Waals surface area contributed by atoms with E-state index < -0.39 is 41.0 Å². The molecule has 10 atom stereocenters. The number of ketones is 2. The van der Waals surface area contributed by atoms with Gasteiger partial charge in [-0.3, -0.25) is 28.8 Å². The fourth-order valence-electron chi connectivity index (χ4n) is 10.9. The van der Waals surface area contributed by atoms with Gasteiger partial charge in [0.25, 0.3) is 10.5 Å². The second-order valence-electron chi connectivity index (χ2n) is 20.5. The number of oxazole rings is 1. The lowest BCUT2D eigenvalue weighted by Gasteiger charge is -2.27. The van der Waals surface area contributed by atoms with Gasteiger partial charge in [0.1, 0.15) is 11.6 Å². The van der Waals surface area contributed by atoms with E-state index in [2.05, 4.69) is 16.0 Å². The highest BCUT2D eigenvalue weighted by Crippen LogP contribution is 2.58. The van der Waals surface area contributed by atoms with Crippen LogP contribution in [0.1, 0.15) is 117 Å². The summed E-state index contributed by atoms with van der Waals surface area (Å²) in [4.78, 5) is 88.2. The lowest BCUT2D eigenvalue weighted by molar-refractivity contribution is -0.148. The molecular formula is C54H65ClN4O11S. The maximum atomic E-state index is 13.5. The van der Waals surface area contributed by atoms with Crippen LogP contribution in [0.4, 0.5) is 0 Å². The Hall–Kier alpha value is -5.45. The number of aliphatic hydroxyl groups is 1. The number of benzene rings is 2. The molecule has 2 saturated carbocycles. The number of nitrogens with zero attached hydrogens (tertiary/aromatic N) is 4. The number of allylic oxidation sites excluding steroid dienone is 4. The number of carboxylic acids is 2. The van der Waals surface area contributed by atoms with E-state index in [0.29, 0.717) is 31.0 Å². The molecule has 4 fully saturated rings. The highest BCUT2D eigenvalue weighted by Gasteiger charge is 2.62. The summed E-state index contributed by atoms with van der Waals surface area (Å²) >= 11 is 6.96. The summed E-state index contributed by atoms with van der Waals surface area (Å²) in [6.07, 6.45) is 17.8. The average molecular weight is 1010 g/mol. The molecule has 0 unspecified atom stereocenters.